The van der Waals surface area contributed by atoms with Gasteiger partial charge in [-0.3, -0.25) is 4.99 Å². The molecular formula is C35H45FN4O. The molecule has 0 fully saturated rings. The van der Waals surface area contributed by atoms with E-state index in [1.807, 2.05) is 25.3 Å². The molecule has 5 nitrogen and oxygen atoms in total. The van der Waals surface area contributed by atoms with E-state index in [4.69, 9.17) is 4.74 Å². The summed E-state index contributed by atoms with van der Waals surface area (Å²) in [5.41, 5.74) is 9.98. The van der Waals surface area contributed by atoms with Crippen LogP contribution in [0.25, 0.3) is 22.3 Å². The SMILES string of the molecule is C=CN=C(C)/C(CC1=CCC(F)C=C1)=C(/C)C(C)CC.CCCOc1ccc(-c2cnc3nc[nH]c3c2)cc1CC. The van der Waals surface area contributed by atoms with E-state index in [-0.39, 0.29) is 0 Å². The van der Waals surface area contributed by atoms with Crippen molar-refractivity contribution >= 4 is 16.9 Å². The lowest BCUT2D eigenvalue weighted by Crippen LogP contribution is -2.08. The first-order valence-electron chi connectivity index (χ1n) is 14.7. The molecule has 0 saturated carbocycles. The highest BCUT2D eigenvalue weighted by atomic mass is 19.1. The minimum atomic E-state index is -0.829. The molecule has 218 valence electrons. The molecule has 0 bridgehead atoms. The van der Waals surface area contributed by atoms with Crippen LogP contribution in [0.15, 0.2) is 89.5 Å². The molecule has 0 spiro atoms. The Morgan fingerprint density at radius 2 is 2.00 bits per heavy atom. The van der Waals surface area contributed by atoms with Gasteiger partial charge in [-0.25, -0.2) is 14.4 Å². The Kier molecular flexibility index (Phi) is 12.3. The number of H-pyrrole nitrogens is 1. The molecule has 0 aliphatic heterocycles. The zero-order valence-corrected chi connectivity index (χ0v) is 25.5. The fourth-order valence-corrected chi connectivity index (χ4v) is 4.72. The van der Waals surface area contributed by atoms with Crippen LogP contribution in [0.3, 0.4) is 0 Å². The van der Waals surface area contributed by atoms with Gasteiger partial charge in [0.1, 0.15) is 11.9 Å². The van der Waals surface area contributed by atoms with E-state index in [9.17, 15) is 4.39 Å². The summed E-state index contributed by atoms with van der Waals surface area (Å²) in [5.74, 6) is 1.51. The molecule has 0 radical (unpaired) electrons. The number of aromatic amines is 1. The zero-order valence-electron chi connectivity index (χ0n) is 25.5. The van der Waals surface area contributed by atoms with E-state index >= 15 is 0 Å². The zero-order chi connectivity index (χ0) is 29.8. The van der Waals surface area contributed by atoms with Gasteiger partial charge in [-0.15, -0.1) is 0 Å². The molecule has 1 aromatic carbocycles. The van der Waals surface area contributed by atoms with Gasteiger partial charge in [0.2, 0.25) is 0 Å². The average Bonchev–Trinajstić information content (AvgIpc) is 3.47. The number of imidazole rings is 1. The first-order valence-corrected chi connectivity index (χ1v) is 14.7. The molecule has 6 heteroatoms. The Balaban J connectivity index is 0.000000226. The van der Waals surface area contributed by atoms with Crippen molar-refractivity contribution in [1.82, 2.24) is 15.0 Å². The molecule has 2 atom stereocenters. The summed E-state index contributed by atoms with van der Waals surface area (Å²) >= 11 is 0. The molecule has 0 amide bonds. The molecular weight excluding hydrogens is 511 g/mol. The fourth-order valence-electron chi connectivity index (χ4n) is 4.72. The molecule has 2 unspecified atom stereocenters. The molecule has 2 heterocycles. The van der Waals surface area contributed by atoms with E-state index in [2.05, 4.69) is 85.4 Å². The van der Waals surface area contributed by atoms with Gasteiger partial charge in [-0.05, 0) is 85.9 Å². The van der Waals surface area contributed by atoms with Crippen LogP contribution in [-0.4, -0.2) is 33.4 Å². The number of fused-ring (bicyclic) bond motifs is 1. The van der Waals surface area contributed by atoms with Crippen LogP contribution in [0.5, 0.6) is 5.75 Å². The summed E-state index contributed by atoms with van der Waals surface area (Å²) in [5, 5.41) is 0. The largest absolute Gasteiger partial charge is 0.493 e. The van der Waals surface area contributed by atoms with Gasteiger partial charge in [-0.1, -0.05) is 64.1 Å². The number of pyridine rings is 1. The van der Waals surface area contributed by atoms with Crippen molar-refractivity contribution in [2.24, 2.45) is 10.9 Å². The summed E-state index contributed by atoms with van der Waals surface area (Å²) in [6, 6.07) is 8.41. The monoisotopic (exact) mass is 556 g/mol. The first-order chi connectivity index (χ1) is 19.8. The molecule has 1 aliphatic rings. The molecule has 1 N–H and O–H groups in total. The number of ether oxygens (including phenoxy) is 1. The van der Waals surface area contributed by atoms with Gasteiger partial charge in [0, 0.05) is 30.1 Å². The molecule has 41 heavy (non-hydrogen) atoms. The Morgan fingerprint density at radius 3 is 2.66 bits per heavy atom. The maximum atomic E-state index is 13.1. The van der Waals surface area contributed by atoms with Gasteiger partial charge >= 0.3 is 0 Å². The number of halogens is 1. The van der Waals surface area contributed by atoms with Crippen molar-refractivity contribution in [2.45, 2.75) is 79.8 Å². The van der Waals surface area contributed by atoms with Crippen molar-refractivity contribution in [2.75, 3.05) is 6.61 Å². The lowest BCUT2D eigenvalue weighted by atomic mass is 9.88. The van der Waals surface area contributed by atoms with E-state index in [1.165, 1.54) is 22.3 Å². The predicted octanol–water partition coefficient (Wildman–Crippen LogP) is 9.54. The molecule has 4 rings (SSSR count). The second kappa shape index (κ2) is 15.8. The maximum Gasteiger partial charge on any atom is 0.177 e. The van der Waals surface area contributed by atoms with Crippen molar-refractivity contribution in [3.63, 3.8) is 0 Å². The minimum Gasteiger partial charge on any atom is -0.493 e. The van der Waals surface area contributed by atoms with Crippen LogP contribution < -0.4 is 4.74 Å². The third kappa shape index (κ3) is 8.84. The summed E-state index contributed by atoms with van der Waals surface area (Å²) < 4.78 is 18.9. The van der Waals surface area contributed by atoms with Crippen molar-refractivity contribution in [3.8, 4) is 16.9 Å². The quantitative estimate of drug-likeness (QED) is 0.239. The predicted molar refractivity (Wildman–Crippen MR) is 171 cm³/mol. The lowest BCUT2D eigenvalue weighted by Gasteiger charge is -2.19. The average molecular weight is 557 g/mol. The summed E-state index contributed by atoms with van der Waals surface area (Å²) in [4.78, 5) is 16.0. The highest BCUT2D eigenvalue weighted by Gasteiger charge is 2.14. The number of hydrogen-bond donors (Lipinski definition) is 1. The minimum absolute atomic E-state index is 0.485. The van der Waals surface area contributed by atoms with Gasteiger partial charge in [0.15, 0.2) is 5.65 Å². The molecule has 2 aromatic heterocycles. The third-order valence-corrected chi connectivity index (χ3v) is 7.56. The highest BCUT2D eigenvalue weighted by Crippen LogP contribution is 2.29. The number of aryl methyl sites for hydroxylation is 1. The Hall–Kier alpha value is -3.80. The summed E-state index contributed by atoms with van der Waals surface area (Å²) in [6.07, 6.45) is 14.2. The number of allylic oxidation sites excluding steroid dienone is 6. The second-order valence-electron chi connectivity index (χ2n) is 10.5. The summed E-state index contributed by atoms with van der Waals surface area (Å²) in [6.45, 7) is 17.3. The number of benzene rings is 1. The first kappa shape index (κ1) is 31.7. The van der Waals surface area contributed by atoms with Crippen molar-refractivity contribution in [3.05, 3.63) is 90.1 Å². The van der Waals surface area contributed by atoms with Crippen LogP contribution in [0.4, 0.5) is 4.39 Å². The van der Waals surface area contributed by atoms with E-state index < -0.39 is 6.17 Å². The van der Waals surface area contributed by atoms with Gasteiger partial charge in [-0.2, -0.15) is 0 Å². The standard InChI is InChI=1S/C18H26FN.C17H19N3O/c1-6-13(3)14(4)18(15(5)20-7-2)12-16-8-10-17(19)11-9-16;1-3-7-21-16-6-5-13(8-12(16)4-2)14-9-15-17(18-10-14)20-11-19-15/h7-10,13,17H,2,6,11-12H2,1,3-5H3;5-6,8-11H,3-4,7H2,1-2H3,(H,18,19,20)/b18-14-,20-15?;. The van der Waals surface area contributed by atoms with Crippen LogP contribution in [-0.2, 0) is 6.42 Å². The second-order valence-corrected chi connectivity index (χ2v) is 10.5. The number of aliphatic imine (C=N–C) groups is 1. The Bertz CT molecular complexity index is 1430. The van der Waals surface area contributed by atoms with Crippen LogP contribution in [0.1, 0.15) is 72.8 Å². The third-order valence-electron chi connectivity index (χ3n) is 7.56. The van der Waals surface area contributed by atoms with Crippen LogP contribution in [0.2, 0.25) is 0 Å². The van der Waals surface area contributed by atoms with E-state index in [0.717, 1.165) is 66.0 Å². The molecule has 0 saturated heterocycles. The number of nitrogens with one attached hydrogen (secondary N) is 1. The topological polar surface area (TPSA) is 63.2 Å². The number of rotatable bonds is 11. The van der Waals surface area contributed by atoms with E-state index in [0.29, 0.717) is 12.3 Å². The Labute approximate surface area is 245 Å². The van der Waals surface area contributed by atoms with Crippen LogP contribution in [0, 0.1) is 5.92 Å². The van der Waals surface area contributed by atoms with Crippen LogP contribution >= 0.6 is 0 Å². The van der Waals surface area contributed by atoms with E-state index in [1.54, 1.807) is 18.6 Å². The normalized spacial score (nSPS) is 16.4. The smallest absolute Gasteiger partial charge is 0.177 e. The van der Waals surface area contributed by atoms with Gasteiger partial charge < -0.3 is 9.72 Å². The Morgan fingerprint density at radius 1 is 1.20 bits per heavy atom. The number of aromatic nitrogens is 3. The number of hydrogen-bond acceptors (Lipinski definition) is 4. The van der Waals surface area contributed by atoms with Crippen molar-refractivity contribution in [1.29, 1.82) is 0 Å². The van der Waals surface area contributed by atoms with Gasteiger partial charge in [0.25, 0.3) is 0 Å². The molecule has 3 aromatic rings. The van der Waals surface area contributed by atoms with Gasteiger partial charge in [0.05, 0.1) is 18.5 Å². The summed E-state index contributed by atoms with van der Waals surface area (Å²) in [7, 11) is 0. The lowest BCUT2D eigenvalue weighted by molar-refractivity contribution is 0.314. The number of nitrogens with zero attached hydrogens (tertiary/aromatic N) is 3. The highest BCUT2D eigenvalue weighted by molar-refractivity contribution is 5.99. The van der Waals surface area contributed by atoms with Crippen molar-refractivity contribution < 1.29 is 9.13 Å². The number of alkyl halides is 1. The molecule has 1 aliphatic carbocycles. The fraction of sp³-hybridized carbons (Fsp3) is 0.400. The maximum absolute atomic E-state index is 13.1.